The molecule has 1 aliphatic rings. The Balaban J connectivity index is 2.48. The van der Waals surface area contributed by atoms with Gasteiger partial charge in [0.1, 0.15) is 0 Å². The Labute approximate surface area is 40.3 Å². The van der Waals surface area contributed by atoms with Crippen LogP contribution in [-0.2, 0) is 14.3 Å². The Morgan fingerprint density at radius 2 is 2.29 bits per heavy atom. The summed E-state index contributed by atoms with van der Waals surface area (Å²) in [6.07, 6.45) is -0.708. The first-order valence-electron chi connectivity index (χ1n) is 1.93. The van der Waals surface area contributed by atoms with Gasteiger partial charge < -0.3 is 4.74 Å². The highest BCUT2D eigenvalue weighted by atomic mass is 16.6. The summed E-state index contributed by atoms with van der Waals surface area (Å²) >= 11 is 0. The van der Waals surface area contributed by atoms with Gasteiger partial charge in [0, 0.05) is 0 Å². The summed E-state index contributed by atoms with van der Waals surface area (Å²) in [6.45, 7) is 1.33. The monoisotopic (exact) mass is 100 g/mol. The normalized spacial score (nSPS) is 26.4. The number of epoxide rings is 1. The molecule has 1 atom stereocenters. The van der Waals surface area contributed by atoms with E-state index in [1.165, 1.54) is 6.92 Å². The van der Waals surface area contributed by atoms with Gasteiger partial charge in [0.25, 0.3) is 6.10 Å². The van der Waals surface area contributed by atoms with Crippen LogP contribution in [0.2, 0.25) is 0 Å². The number of hydrogen-bond donors (Lipinski definition) is 0. The van der Waals surface area contributed by atoms with E-state index >= 15 is 0 Å². The Bertz CT molecular complexity index is 127. The summed E-state index contributed by atoms with van der Waals surface area (Å²) in [5.74, 6) is -0.600. The van der Waals surface area contributed by atoms with E-state index < -0.39 is 12.1 Å². The predicted molar refractivity (Wildman–Crippen MR) is 20.6 cm³/mol. The number of Topliss-reactive ketones (excluding diaryl/α,β-unsaturated/α-hetero) is 1. The molecule has 1 saturated heterocycles. The van der Waals surface area contributed by atoms with Crippen molar-refractivity contribution < 1.29 is 14.3 Å². The maximum atomic E-state index is 10.1. The van der Waals surface area contributed by atoms with Crippen LogP contribution in [-0.4, -0.2) is 17.9 Å². The highest BCUT2D eigenvalue weighted by Crippen LogP contribution is 2.11. The van der Waals surface area contributed by atoms with E-state index in [-0.39, 0.29) is 5.78 Å². The fourth-order valence-electron chi connectivity index (χ4n) is 0.331. The standard InChI is InChI=1S/C4H4O3/c1-2(5)3-4(6)7-3/h3H,1H3. The Morgan fingerprint density at radius 3 is 2.29 bits per heavy atom. The van der Waals surface area contributed by atoms with Gasteiger partial charge in [-0.05, 0) is 6.92 Å². The van der Waals surface area contributed by atoms with Crippen LogP contribution in [0.3, 0.4) is 0 Å². The van der Waals surface area contributed by atoms with Gasteiger partial charge in [0.05, 0.1) is 0 Å². The van der Waals surface area contributed by atoms with Crippen LogP contribution in [0.15, 0.2) is 0 Å². The van der Waals surface area contributed by atoms with Gasteiger partial charge >= 0.3 is 5.97 Å². The molecular formula is C4H4O3. The largest absolute Gasteiger partial charge is 0.439 e. The van der Waals surface area contributed by atoms with Crippen molar-refractivity contribution in [1.82, 2.24) is 0 Å². The third kappa shape index (κ3) is 0.607. The van der Waals surface area contributed by atoms with E-state index in [0.717, 1.165) is 0 Å². The van der Waals surface area contributed by atoms with Crippen molar-refractivity contribution in [2.75, 3.05) is 0 Å². The van der Waals surface area contributed by atoms with E-state index in [4.69, 9.17) is 0 Å². The number of carbonyl (C=O) groups excluding carboxylic acids is 2. The number of carbonyl (C=O) groups is 2. The average molecular weight is 100 g/mol. The molecule has 7 heavy (non-hydrogen) atoms. The van der Waals surface area contributed by atoms with Gasteiger partial charge in [-0.15, -0.1) is 0 Å². The van der Waals surface area contributed by atoms with Crippen molar-refractivity contribution in [2.24, 2.45) is 0 Å². The van der Waals surface area contributed by atoms with Crippen molar-refractivity contribution in [3.63, 3.8) is 0 Å². The van der Waals surface area contributed by atoms with Gasteiger partial charge in [0.2, 0.25) is 0 Å². The topological polar surface area (TPSA) is 46.7 Å². The minimum Gasteiger partial charge on any atom is -0.439 e. The van der Waals surface area contributed by atoms with Crippen LogP contribution in [0.25, 0.3) is 0 Å². The zero-order valence-corrected chi connectivity index (χ0v) is 3.80. The molecule has 0 amide bonds. The molecule has 1 aliphatic heterocycles. The minimum absolute atomic E-state index is 0.204. The molecule has 0 radical (unpaired) electrons. The summed E-state index contributed by atoms with van der Waals surface area (Å²) in [4.78, 5) is 20.0. The summed E-state index contributed by atoms with van der Waals surface area (Å²) in [5, 5.41) is 0. The van der Waals surface area contributed by atoms with Crippen LogP contribution in [0, 0.1) is 0 Å². The van der Waals surface area contributed by atoms with Crippen LogP contribution >= 0.6 is 0 Å². The summed E-state index contributed by atoms with van der Waals surface area (Å²) in [6, 6.07) is 0. The number of rotatable bonds is 1. The second-order valence-electron chi connectivity index (χ2n) is 1.43. The Hall–Kier alpha value is -0.860. The Morgan fingerprint density at radius 1 is 1.86 bits per heavy atom. The highest BCUT2D eigenvalue weighted by Gasteiger charge is 2.42. The van der Waals surface area contributed by atoms with Gasteiger partial charge in [-0.25, -0.2) is 4.79 Å². The molecule has 38 valence electrons. The molecule has 0 spiro atoms. The van der Waals surface area contributed by atoms with Crippen LogP contribution in [0.4, 0.5) is 0 Å². The van der Waals surface area contributed by atoms with E-state index in [0.29, 0.717) is 0 Å². The molecule has 0 aromatic heterocycles. The van der Waals surface area contributed by atoms with Crippen molar-refractivity contribution in [3.05, 3.63) is 0 Å². The SMILES string of the molecule is CC(=O)C1OC1=O. The number of ether oxygens (including phenoxy) is 1. The lowest BCUT2D eigenvalue weighted by Crippen LogP contribution is -1.99. The summed E-state index contributed by atoms with van der Waals surface area (Å²) in [7, 11) is 0. The molecule has 3 heteroatoms. The van der Waals surface area contributed by atoms with Gasteiger partial charge in [-0.3, -0.25) is 4.79 Å². The number of ketones is 1. The predicted octanol–water partition coefficient (Wildman–Crippen LogP) is -0.499. The van der Waals surface area contributed by atoms with Crippen molar-refractivity contribution in [1.29, 1.82) is 0 Å². The van der Waals surface area contributed by atoms with Gasteiger partial charge in [-0.1, -0.05) is 0 Å². The van der Waals surface area contributed by atoms with Gasteiger partial charge in [-0.2, -0.15) is 0 Å². The summed E-state index contributed by atoms with van der Waals surface area (Å²) in [5.41, 5.74) is 0. The van der Waals surface area contributed by atoms with E-state index in [9.17, 15) is 9.59 Å². The van der Waals surface area contributed by atoms with E-state index in [1.807, 2.05) is 0 Å². The fraction of sp³-hybridized carbons (Fsp3) is 0.500. The van der Waals surface area contributed by atoms with E-state index in [1.54, 1.807) is 0 Å². The Kier molecular flexibility index (Phi) is 0.648. The molecule has 1 fully saturated rings. The minimum atomic E-state index is -0.708. The maximum absolute atomic E-state index is 10.1. The fourth-order valence-corrected chi connectivity index (χ4v) is 0.331. The lowest BCUT2D eigenvalue weighted by Gasteiger charge is -1.68. The molecule has 3 nitrogen and oxygen atoms in total. The molecule has 1 heterocycles. The van der Waals surface area contributed by atoms with Crippen molar-refractivity contribution in [2.45, 2.75) is 13.0 Å². The summed E-state index contributed by atoms with van der Waals surface area (Å²) < 4.78 is 4.19. The molecule has 0 aromatic carbocycles. The zero-order chi connectivity index (χ0) is 5.44. The third-order valence-electron chi connectivity index (χ3n) is 0.760. The smallest absolute Gasteiger partial charge is 0.356 e. The van der Waals surface area contributed by atoms with Crippen molar-refractivity contribution >= 4 is 11.8 Å². The quantitative estimate of drug-likeness (QED) is 0.329. The lowest BCUT2D eigenvalue weighted by molar-refractivity contribution is -0.119. The maximum Gasteiger partial charge on any atom is 0.356 e. The first kappa shape index (κ1) is 4.30. The third-order valence-corrected chi connectivity index (χ3v) is 0.760. The first-order valence-corrected chi connectivity index (χ1v) is 1.93. The van der Waals surface area contributed by atoms with E-state index in [2.05, 4.69) is 4.74 Å². The molecule has 0 saturated carbocycles. The average Bonchev–Trinajstić information content (AvgIpc) is 2.17. The van der Waals surface area contributed by atoms with Gasteiger partial charge in [0.15, 0.2) is 5.78 Å². The molecule has 1 unspecified atom stereocenters. The molecule has 0 N–H and O–H groups in total. The van der Waals surface area contributed by atoms with Crippen LogP contribution < -0.4 is 0 Å². The first-order chi connectivity index (χ1) is 3.22. The molecule has 0 bridgehead atoms. The number of hydrogen-bond acceptors (Lipinski definition) is 3. The molecule has 0 aromatic rings. The molecule has 1 rings (SSSR count). The lowest BCUT2D eigenvalue weighted by atomic mass is 10.3. The second kappa shape index (κ2) is 1.05. The number of cyclic esters (lactones) is 1. The highest BCUT2D eigenvalue weighted by molar-refractivity contribution is 6.10. The van der Waals surface area contributed by atoms with Crippen molar-refractivity contribution in [3.8, 4) is 0 Å². The van der Waals surface area contributed by atoms with Crippen LogP contribution in [0.5, 0.6) is 0 Å². The second-order valence-corrected chi connectivity index (χ2v) is 1.43. The van der Waals surface area contributed by atoms with Crippen LogP contribution in [0.1, 0.15) is 6.92 Å². The molecule has 0 aliphatic carbocycles. The zero-order valence-electron chi connectivity index (χ0n) is 3.80. The molecular weight excluding hydrogens is 96.0 g/mol.